The van der Waals surface area contributed by atoms with Crippen molar-refractivity contribution in [1.29, 1.82) is 0 Å². The van der Waals surface area contributed by atoms with Crippen LogP contribution in [-0.2, 0) is 14.8 Å². The van der Waals surface area contributed by atoms with E-state index in [1.165, 1.54) is 42.5 Å². The Morgan fingerprint density at radius 2 is 1.88 bits per heavy atom. The highest BCUT2D eigenvalue weighted by molar-refractivity contribution is 7.89. The Kier molecular flexibility index (Phi) is 8.44. The van der Waals surface area contributed by atoms with Crippen LogP contribution in [0.1, 0.15) is 19.3 Å². The molecule has 11 heteroatoms. The van der Waals surface area contributed by atoms with Crippen molar-refractivity contribution < 1.29 is 27.4 Å². The number of carbonyl (C=O) groups excluding carboxylic acids is 1. The van der Waals surface area contributed by atoms with Crippen LogP contribution in [0.3, 0.4) is 0 Å². The molecular weight excluding hydrogens is 461 g/mol. The third-order valence-corrected chi connectivity index (χ3v) is 6.85. The Bertz CT molecular complexity index is 1020. The molecule has 0 aliphatic carbocycles. The Hall–Kier alpha value is -2.24. The van der Waals surface area contributed by atoms with Crippen LogP contribution in [0.15, 0.2) is 53.4 Å². The summed E-state index contributed by atoms with van der Waals surface area (Å²) < 4.78 is 46.7. The molecule has 0 unspecified atom stereocenters. The Morgan fingerprint density at radius 3 is 2.56 bits per heavy atom. The van der Waals surface area contributed by atoms with Gasteiger partial charge in [0, 0.05) is 11.6 Å². The lowest BCUT2D eigenvalue weighted by molar-refractivity contribution is -0.0884. The largest absolute Gasteiger partial charge is 0.394 e. The summed E-state index contributed by atoms with van der Waals surface area (Å²) in [5.74, 6) is -0.553. The predicted molar refractivity (Wildman–Crippen MR) is 119 cm³/mol. The number of benzene rings is 2. The molecule has 174 valence electrons. The van der Waals surface area contributed by atoms with Gasteiger partial charge in [0.15, 0.2) is 0 Å². The van der Waals surface area contributed by atoms with Crippen LogP contribution in [0.4, 0.5) is 14.9 Å². The van der Waals surface area contributed by atoms with Crippen molar-refractivity contribution in [1.82, 2.24) is 10.0 Å². The number of hydrogen-bond donors (Lipinski definition) is 4. The summed E-state index contributed by atoms with van der Waals surface area (Å²) in [4.78, 5) is 12.3. The molecule has 0 saturated carbocycles. The van der Waals surface area contributed by atoms with Crippen LogP contribution < -0.4 is 15.4 Å². The number of halogens is 2. The first-order valence-electron chi connectivity index (χ1n) is 10.1. The van der Waals surface area contributed by atoms with Crippen LogP contribution in [0.2, 0.25) is 5.02 Å². The van der Waals surface area contributed by atoms with Gasteiger partial charge >= 0.3 is 6.03 Å². The fourth-order valence-electron chi connectivity index (χ4n) is 3.45. The molecular formula is C21H25ClFN3O5S. The van der Waals surface area contributed by atoms with Gasteiger partial charge in [0.1, 0.15) is 11.9 Å². The van der Waals surface area contributed by atoms with E-state index in [0.717, 1.165) is 0 Å². The Labute approximate surface area is 191 Å². The second-order valence-electron chi connectivity index (χ2n) is 7.38. The summed E-state index contributed by atoms with van der Waals surface area (Å²) in [5.41, 5.74) is 0.0492. The molecule has 2 amide bonds. The highest BCUT2D eigenvalue weighted by Crippen LogP contribution is 2.22. The number of aliphatic hydroxyl groups is 1. The molecule has 0 spiro atoms. The number of amides is 2. The molecule has 0 bridgehead atoms. The molecule has 3 atom stereocenters. The smallest absolute Gasteiger partial charge is 0.319 e. The van der Waals surface area contributed by atoms with E-state index in [0.29, 0.717) is 24.3 Å². The van der Waals surface area contributed by atoms with Crippen LogP contribution in [0.5, 0.6) is 0 Å². The fraction of sp³-hybridized carbons (Fsp3) is 0.381. The van der Waals surface area contributed by atoms with Gasteiger partial charge in [-0.2, -0.15) is 0 Å². The van der Waals surface area contributed by atoms with Crippen LogP contribution in [0, 0.1) is 5.82 Å². The summed E-state index contributed by atoms with van der Waals surface area (Å²) in [7, 11) is -3.67. The summed E-state index contributed by atoms with van der Waals surface area (Å²) >= 11 is 5.79. The van der Waals surface area contributed by atoms with E-state index in [9.17, 15) is 22.7 Å². The quantitative estimate of drug-likeness (QED) is 0.458. The zero-order valence-corrected chi connectivity index (χ0v) is 18.7. The Balaban J connectivity index is 1.47. The van der Waals surface area contributed by atoms with Gasteiger partial charge in [-0.1, -0.05) is 23.7 Å². The van der Waals surface area contributed by atoms with Crippen molar-refractivity contribution in [3.8, 4) is 0 Å². The van der Waals surface area contributed by atoms with Crippen molar-refractivity contribution in [3.05, 3.63) is 59.4 Å². The maximum absolute atomic E-state index is 13.7. The van der Waals surface area contributed by atoms with E-state index in [1.54, 1.807) is 6.07 Å². The molecule has 2 aromatic rings. The second kappa shape index (κ2) is 11.1. The van der Waals surface area contributed by atoms with Crippen LogP contribution in [0.25, 0.3) is 0 Å². The van der Waals surface area contributed by atoms with Gasteiger partial charge in [-0.3, -0.25) is 0 Å². The number of aliphatic hydroxyl groups excluding tert-OH is 1. The number of rotatable bonds is 8. The molecule has 32 heavy (non-hydrogen) atoms. The van der Waals surface area contributed by atoms with Gasteiger partial charge in [0.05, 0.1) is 29.3 Å². The molecule has 0 radical (unpaired) electrons. The summed E-state index contributed by atoms with van der Waals surface area (Å²) in [6.45, 7) is -0.169. The van der Waals surface area contributed by atoms with E-state index in [4.69, 9.17) is 16.3 Å². The normalized spacial score (nSPS) is 21.2. The van der Waals surface area contributed by atoms with E-state index in [-0.39, 0.29) is 29.8 Å². The first-order chi connectivity index (χ1) is 15.3. The standard InChI is InChI=1S/C21H25ClFN3O5S/c22-14-5-8-16(9-6-14)32(29,30)24-12-11-15-7-10-19(20(13-27)31-15)26-21(28)25-18-4-2-1-3-17(18)23/h1-6,8-9,15,19-20,24,27H,7,10-13H2,(H2,25,26,28)/t15-,19-,20+/m1/s1. The van der Waals surface area contributed by atoms with Crippen molar-refractivity contribution in [2.45, 2.75) is 42.4 Å². The number of sulfonamides is 1. The van der Waals surface area contributed by atoms with Gasteiger partial charge in [0.25, 0.3) is 0 Å². The Morgan fingerprint density at radius 1 is 1.16 bits per heavy atom. The number of nitrogens with one attached hydrogen (secondary N) is 3. The summed E-state index contributed by atoms with van der Waals surface area (Å²) in [6.07, 6.45) is 0.534. The lowest BCUT2D eigenvalue weighted by Gasteiger charge is -2.36. The highest BCUT2D eigenvalue weighted by atomic mass is 35.5. The topological polar surface area (TPSA) is 117 Å². The van der Waals surface area contributed by atoms with Crippen LogP contribution >= 0.6 is 11.6 Å². The number of ether oxygens (including phenoxy) is 1. The lowest BCUT2D eigenvalue weighted by Crippen LogP contribution is -2.52. The first-order valence-corrected chi connectivity index (χ1v) is 12.0. The minimum atomic E-state index is -3.67. The van der Waals surface area contributed by atoms with Gasteiger partial charge < -0.3 is 20.5 Å². The van der Waals surface area contributed by atoms with Crippen LogP contribution in [-0.4, -0.2) is 51.0 Å². The lowest BCUT2D eigenvalue weighted by atomic mass is 9.97. The molecule has 1 aliphatic rings. The third kappa shape index (κ3) is 6.63. The van der Waals surface area contributed by atoms with Gasteiger partial charge in [-0.25, -0.2) is 22.3 Å². The van der Waals surface area contributed by atoms with Crippen molar-refractivity contribution >= 4 is 33.3 Å². The second-order valence-corrected chi connectivity index (χ2v) is 9.59. The van der Waals surface area contributed by atoms with Gasteiger partial charge in [-0.15, -0.1) is 0 Å². The van der Waals surface area contributed by atoms with E-state index < -0.39 is 34.0 Å². The third-order valence-electron chi connectivity index (χ3n) is 5.12. The molecule has 1 aliphatic heterocycles. The highest BCUT2D eigenvalue weighted by Gasteiger charge is 2.32. The fourth-order valence-corrected chi connectivity index (χ4v) is 4.62. The minimum absolute atomic E-state index is 0.0492. The van der Waals surface area contributed by atoms with Crippen molar-refractivity contribution in [3.63, 3.8) is 0 Å². The molecule has 1 heterocycles. The van der Waals surface area contributed by atoms with Crippen molar-refractivity contribution in [2.75, 3.05) is 18.5 Å². The number of para-hydroxylation sites is 1. The van der Waals surface area contributed by atoms with E-state index in [2.05, 4.69) is 15.4 Å². The monoisotopic (exact) mass is 485 g/mol. The molecule has 0 aromatic heterocycles. The SMILES string of the molecule is O=C(Nc1ccccc1F)N[C@@H]1CC[C@H](CCNS(=O)(=O)c2ccc(Cl)cc2)O[C@H]1CO. The molecule has 1 fully saturated rings. The summed E-state index contributed by atoms with van der Waals surface area (Å²) in [5, 5.41) is 15.3. The molecule has 4 N–H and O–H groups in total. The first kappa shape index (κ1) is 24.4. The maximum atomic E-state index is 13.7. The average Bonchev–Trinajstić information content (AvgIpc) is 2.76. The predicted octanol–water partition coefficient (Wildman–Crippen LogP) is 2.88. The van der Waals surface area contributed by atoms with E-state index >= 15 is 0 Å². The molecule has 8 nitrogen and oxygen atoms in total. The zero-order chi connectivity index (χ0) is 23.1. The number of urea groups is 1. The zero-order valence-electron chi connectivity index (χ0n) is 17.1. The maximum Gasteiger partial charge on any atom is 0.319 e. The van der Waals surface area contributed by atoms with Gasteiger partial charge in [-0.05, 0) is 55.7 Å². The number of hydrogen-bond acceptors (Lipinski definition) is 5. The summed E-state index contributed by atoms with van der Waals surface area (Å²) in [6, 6.07) is 10.6. The number of anilines is 1. The van der Waals surface area contributed by atoms with E-state index in [1.807, 2.05) is 0 Å². The number of carbonyl (C=O) groups is 1. The minimum Gasteiger partial charge on any atom is -0.394 e. The molecule has 1 saturated heterocycles. The molecule has 2 aromatic carbocycles. The van der Waals surface area contributed by atoms with Gasteiger partial charge in [0.2, 0.25) is 10.0 Å². The molecule has 3 rings (SSSR count). The van der Waals surface area contributed by atoms with Crippen molar-refractivity contribution in [2.24, 2.45) is 0 Å². The average molecular weight is 486 g/mol.